The van der Waals surface area contributed by atoms with Crippen LogP contribution < -0.4 is 0 Å². The number of hydrogen-bond acceptors (Lipinski definition) is 28. The van der Waals surface area contributed by atoms with E-state index in [1.165, 1.54) is 19.6 Å². The monoisotopic (exact) mass is 1300 g/mol. The summed E-state index contributed by atoms with van der Waals surface area (Å²) in [7, 11) is -4.06. The number of methoxy groups -OCH3 is 1. The lowest BCUT2D eigenvalue weighted by atomic mass is 9.41. The molecule has 0 aromatic carbocycles. The second-order valence-electron chi connectivity index (χ2n) is 28.2. The maximum atomic E-state index is 14.5. The third-order valence-corrected chi connectivity index (χ3v) is 22.5. The number of cyclic esters (lactones) is 1. The molecular weight excluding hydrogens is 1200 g/mol. The number of ketones is 1. The summed E-state index contributed by atoms with van der Waals surface area (Å²) in [6, 6.07) is 0. The van der Waals surface area contributed by atoms with Crippen molar-refractivity contribution in [3.05, 3.63) is 11.6 Å². The minimum Gasteiger partial charge on any atom is -0.458 e. The highest BCUT2D eigenvalue weighted by molar-refractivity contribution is 7.80. The van der Waals surface area contributed by atoms with Gasteiger partial charge in [-0.1, -0.05) is 53.2 Å². The predicted molar refractivity (Wildman–Crippen MR) is 298 cm³/mol. The summed E-state index contributed by atoms with van der Waals surface area (Å²) in [4.78, 5) is 27.8. The number of esters is 1. The molecule has 29 nitrogen and oxygen atoms in total. The minimum absolute atomic E-state index is 0.0464. The molecule has 0 unspecified atom stereocenters. The number of hydrogen-bond donors (Lipinski definition) is 12. The molecular formula is C59H94O29S. The molecule has 10 aliphatic rings. The number of ether oxygens (including phenoxy) is 12. The molecule has 3 saturated carbocycles. The fourth-order valence-electron chi connectivity index (χ4n) is 17.6. The lowest BCUT2D eigenvalue weighted by Gasteiger charge is -2.64. The van der Waals surface area contributed by atoms with Crippen LogP contribution >= 0.6 is 0 Å². The molecule has 0 radical (unpaired) electrons. The highest BCUT2D eigenvalue weighted by Gasteiger charge is 2.76. The van der Waals surface area contributed by atoms with Gasteiger partial charge in [0.2, 0.25) is 0 Å². The highest BCUT2D eigenvalue weighted by atomic mass is 32.3. The largest absolute Gasteiger partial charge is 0.458 e. The number of carbonyl (C=O) groups is 2. The van der Waals surface area contributed by atoms with Crippen LogP contribution in [0.5, 0.6) is 0 Å². The van der Waals surface area contributed by atoms with Crippen LogP contribution in [0.3, 0.4) is 0 Å². The van der Waals surface area contributed by atoms with Gasteiger partial charge in [0.1, 0.15) is 115 Å². The zero-order valence-electron chi connectivity index (χ0n) is 51.7. The number of allylic oxidation sites excluding steroid dienone is 2. The van der Waals surface area contributed by atoms with Gasteiger partial charge in [0.15, 0.2) is 31.5 Å². The minimum atomic E-state index is -5.28. The lowest BCUT2D eigenvalue weighted by molar-refractivity contribution is -0.405. The van der Waals surface area contributed by atoms with Crippen molar-refractivity contribution in [3.63, 3.8) is 0 Å². The van der Waals surface area contributed by atoms with E-state index < -0.39 is 206 Å². The molecule has 6 aliphatic heterocycles. The average molecular weight is 1300 g/mol. The van der Waals surface area contributed by atoms with E-state index >= 15 is 0 Å². The van der Waals surface area contributed by atoms with Gasteiger partial charge in [0.05, 0.1) is 44.1 Å². The van der Waals surface area contributed by atoms with E-state index in [9.17, 15) is 78.7 Å². The van der Waals surface area contributed by atoms with E-state index in [1.54, 1.807) is 0 Å². The Morgan fingerprint density at radius 2 is 1.26 bits per heavy atom. The van der Waals surface area contributed by atoms with E-state index in [0.717, 1.165) is 12.8 Å². The normalized spacial score (nSPS) is 50.7. The van der Waals surface area contributed by atoms with Crippen LogP contribution in [0.2, 0.25) is 0 Å². The van der Waals surface area contributed by atoms with Crippen LogP contribution in [0.15, 0.2) is 11.6 Å². The Kier molecular flexibility index (Phi) is 20.5. The van der Waals surface area contributed by atoms with Crippen LogP contribution in [0.1, 0.15) is 113 Å². The van der Waals surface area contributed by atoms with E-state index in [0.29, 0.717) is 38.5 Å². The summed E-state index contributed by atoms with van der Waals surface area (Å²) >= 11 is 0. The van der Waals surface area contributed by atoms with Gasteiger partial charge in [-0.05, 0) is 87.4 Å². The molecule has 31 atom stereocenters. The van der Waals surface area contributed by atoms with Gasteiger partial charge in [-0.15, -0.1) is 0 Å². The summed E-state index contributed by atoms with van der Waals surface area (Å²) < 4.78 is 112. The van der Waals surface area contributed by atoms with Crippen molar-refractivity contribution in [2.24, 2.45) is 45.3 Å². The molecule has 30 heteroatoms. The molecule has 0 bridgehead atoms. The topological polar surface area (TPSA) is 431 Å². The Labute approximate surface area is 517 Å². The molecule has 10 rings (SSSR count). The zero-order chi connectivity index (χ0) is 65.0. The molecule has 1 spiro atoms. The van der Waals surface area contributed by atoms with Crippen molar-refractivity contribution < 1.29 is 140 Å². The maximum Gasteiger partial charge on any atom is 0.397 e. The van der Waals surface area contributed by atoms with Crippen molar-refractivity contribution in [1.82, 2.24) is 0 Å². The average Bonchev–Trinajstić information content (AvgIpc) is 1.55. The first kappa shape index (κ1) is 69.7. The van der Waals surface area contributed by atoms with Crippen molar-refractivity contribution in [3.8, 4) is 0 Å². The van der Waals surface area contributed by atoms with Gasteiger partial charge in [-0.2, -0.15) is 8.42 Å². The predicted octanol–water partition coefficient (Wildman–Crippen LogP) is -1.84. The first-order chi connectivity index (χ1) is 41.7. The fourth-order valence-corrected chi connectivity index (χ4v) is 18.0. The van der Waals surface area contributed by atoms with Crippen LogP contribution in [0.4, 0.5) is 0 Å². The molecule has 0 amide bonds. The summed E-state index contributed by atoms with van der Waals surface area (Å²) in [6.45, 7) is 13.1. The lowest BCUT2D eigenvalue weighted by Crippen LogP contribution is -2.68. The number of carbonyl (C=O) groups excluding carboxylic acids is 2. The highest BCUT2D eigenvalue weighted by Crippen LogP contribution is 2.76. The fraction of sp³-hybridized carbons (Fsp3) is 0.932. The summed E-state index contributed by atoms with van der Waals surface area (Å²) in [5.41, 5.74) is -1.98. The van der Waals surface area contributed by atoms with Crippen LogP contribution in [-0.4, -0.2) is 267 Å². The standard InChI is InChI=1S/C59H94O29S/c1-24(2)18-26(62)19-58(8)34-13-16-57(7)28-10-11-33-55(4,5)35(14-15-56(33,6)27(28)12-17-59(34,57)54(72)87-58)82-52-47(38(66)32(23-78-52)88-89(73,74)75)86-53-48(85-50-40(68)39(67)36(64)30(20-60)80-50)41(69)44(25(3)79-53)83-51-43(71)46(37(65)31(21-61)81-51)84-49-42(70)45(76-9)29(63)22-77-49/h10,24-25,27,29-53,60-61,63-71H,11-23H2,1-9H3,(H,73,74,75)/t25-,27-,29-,30-,31-,32-,33+,34-,35+,36-,37-,38+,39+,40-,41+,42-,43-,44-,45+,46+,47-,48-,49+,50+,51+,52+,53+,56-,57+,58+,59+/m1/s1. The number of Topliss-reactive ketones (excluding diaryl/α,β-unsaturated/α-hetero) is 1. The second kappa shape index (κ2) is 26.1. The van der Waals surface area contributed by atoms with Gasteiger partial charge >= 0.3 is 16.4 Å². The first-order valence-corrected chi connectivity index (χ1v) is 32.5. The summed E-state index contributed by atoms with van der Waals surface area (Å²) in [5.74, 6) is -0.0824. The smallest absolute Gasteiger partial charge is 0.397 e. The number of fused-ring (bicyclic) bond motifs is 4. The van der Waals surface area contributed by atoms with E-state index in [4.69, 9.17) is 61.0 Å². The molecule has 6 heterocycles. The Balaban J connectivity index is 0.914. The summed E-state index contributed by atoms with van der Waals surface area (Å²) in [5, 5.41) is 122. The first-order valence-electron chi connectivity index (χ1n) is 31.2. The number of aliphatic hydroxyl groups excluding tert-OH is 11. The Morgan fingerprint density at radius 3 is 1.91 bits per heavy atom. The number of aliphatic hydroxyl groups is 11. The van der Waals surface area contributed by atoms with Gasteiger partial charge in [-0.25, -0.2) is 4.18 Å². The van der Waals surface area contributed by atoms with Crippen LogP contribution in [0.25, 0.3) is 0 Å². The molecule has 6 saturated heterocycles. The van der Waals surface area contributed by atoms with Crippen molar-refractivity contribution >= 4 is 22.2 Å². The van der Waals surface area contributed by atoms with Gasteiger partial charge < -0.3 is 113 Å². The zero-order valence-corrected chi connectivity index (χ0v) is 52.5. The molecule has 0 aromatic rings. The van der Waals surface area contributed by atoms with Gasteiger partial charge in [0, 0.05) is 31.3 Å². The van der Waals surface area contributed by atoms with Crippen molar-refractivity contribution in [2.45, 2.75) is 266 Å². The third-order valence-electron chi connectivity index (χ3n) is 22.0. The second-order valence-corrected chi connectivity index (χ2v) is 29.2. The SMILES string of the molecule is CO[C@@H]1[C@@H](O)[C@H](O[C@@H]2[C@@H](O)[C@H](O[C@H]3[C@H](O)[C@@H](O[C@@H]4O[C@H](CO)[C@@H](O)[C@H](O)[C@H]4O)[C@H](O[C@H]4[C@H](O[C@H]5CC[C@]6(C)[C@@H]7CC[C@@]89C(=O)O[C@@](C)(CC(=O)CC(C)C)[C@H]8CC[C@@]9(C)C7=CC[C@H]6C5(C)C)OC[C@@H](OS(=O)(=O)O)[C@@H]4O)O[C@@H]3C)O[C@H](CO)[C@H]2O)OC[C@H]1O. The number of rotatable bonds is 19. The van der Waals surface area contributed by atoms with Crippen molar-refractivity contribution in [2.75, 3.05) is 33.5 Å². The van der Waals surface area contributed by atoms with Gasteiger partial charge in [-0.3, -0.25) is 14.1 Å². The van der Waals surface area contributed by atoms with E-state index in [2.05, 4.69) is 33.8 Å². The Morgan fingerprint density at radius 1 is 0.652 bits per heavy atom. The van der Waals surface area contributed by atoms with Crippen LogP contribution in [-0.2, 0) is 81.0 Å². The molecule has 12 N–H and O–H groups in total. The molecule has 9 fully saturated rings. The van der Waals surface area contributed by atoms with Crippen molar-refractivity contribution in [1.29, 1.82) is 0 Å². The maximum absolute atomic E-state index is 14.5. The Bertz CT molecular complexity index is 2650. The van der Waals surface area contributed by atoms with E-state index in [-0.39, 0.29) is 47.3 Å². The summed E-state index contributed by atoms with van der Waals surface area (Å²) in [6.07, 6.45) is -34.3. The van der Waals surface area contributed by atoms with Gasteiger partial charge in [0.25, 0.3) is 0 Å². The van der Waals surface area contributed by atoms with E-state index in [1.807, 2.05) is 20.8 Å². The quantitative estimate of drug-likeness (QED) is 0.0384. The Hall–Kier alpha value is -2.13. The third kappa shape index (κ3) is 12.4. The molecule has 4 aliphatic carbocycles. The molecule has 0 aromatic heterocycles. The molecule has 510 valence electrons. The van der Waals surface area contributed by atoms with Crippen LogP contribution in [0, 0.1) is 45.3 Å². The molecule has 89 heavy (non-hydrogen) atoms.